The summed E-state index contributed by atoms with van der Waals surface area (Å²) in [4.78, 5) is 28.7. The molecule has 1 N–H and O–H groups in total. The van der Waals surface area contributed by atoms with E-state index in [4.69, 9.17) is 0 Å². The van der Waals surface area contributed by atoms with Gasteiger partial charge in [-0.15, -0.1) is 0 Å². The number of nitrogens with zero attached hydrogens (tertiary/aromatic N) is 2. The summed E-state index contributed by atoms with van der Waals surface area (Å²) >= 11 is 0. The summed E-state index contributed by atoms with van der Waals surface area (Å²) in [6.07, 6.45) is 3.54. The number of rotatable bonds is 2. The first-order chi connectivity index (χ1) is 11.7. The number of fused-ring (bicyclic) bond motifs is 1. The predicted octanol–water partition coefficient (Wildman–Crippen LogP) is 2.42. The Hall–Kier alpha value is -3.08. The van der Waals surface area contributed by atoms with Crippen molar-refractivity contribution in [1.82, 2.24) is 14.5 Å². The van der Waals surface area contributed by atoms with E-state index >= 15 is 0 Å². The minimum absolute atomic E-state index is 0.0763. The molecule has 2 aromatic heterocycles. The van der Waals surface area contributed by atoms with Gasteiger partial charge in [0.25, 0.3) is 5.91 Å². The van der Waals surface area contributed by atoms with Crippen LogP contribution in [0.5, 0.6) is 0 Å². The fourth-order valence-corrected chi connectivity index (χ4v) is 3.30. The lowest BCUT2D eigenvalue weighted by atomic mass is 9.99. The second-order valence-electron chi connectivity index (χ2n) is 5.88. The van der Waals surface area contributed by atoms with Gasteiger partial charge in [0.2, 0.25) is 5.56 Å². The summed E-state index contributed by atoms with van der Waals surface area (Å²) < 4.78 is 2.19. The van der Waals surface area contributed by atoms with Crippen LogP contribution in [0, 0.1) is 0 Å². The maximum atomic E-state index is 13.0. The molecule has 1 amide bonds. The van der Waals surface area contributed by atoms with Gasteiger partial charge in [-0.3, -0.25) is 9.59 Å². The maximum absolute atomic E-state index is 13.0. The zero-order valence-corrected chi connectivity index (χ0v) is 13.1. The lowest BCUT2D eigenvalue weighted by Gasteiger charge is -2.37. The van der Waals surface area contributed by atoms with Crippen molar-refractivity contribution in [2.75, 3.05) is 6.54 Å². The fourth-order valence-electron chi connectivity index (χ4n) is 3.30. The number of carbonyl (C=O) groups excluding carboxylic acids is 1. The van der Waals surface area contributed by atoms with Gasteiger partial charge in [0, 0.05) is 37.2 Å². The average molecular weight is 319 g/mol. The molecule has 0 saturated carbocycles. The van der Waals surface area contributed by atoms with Gasteiger partial charge in [0.15, 0.2) is 0 Å². The zero-order chi connectivity index (χ0) is 16.5. The highest BCUT2D eigenvalue weighted by Crippen LogP contribution is 2.33. The van der Waals surface area contributed by atoms with E-state index in [-0.39, 0.29) is 17.5 Å². The molecule has 1 aliphatic heterocycles. The van der Waals surface area contributed by atoms with Crippen LogP contribution in [-0.2, 0) is 6.54 Å². The Labute approximate surface area is 139 Å². The molecule has 1 atom stereocenters. The van der Waals surface area contributed by atoms with Crippen molar-refractivity contribution in [1.29, 1.82) is 0 Å². The summed E-state index contributed by atoms with van der Waals surface area (Å²) in [6, 6.07) is 16.9. The van der Waals surface area contributed by atoms with Crippen LogP contribution in [0.15, 0.2) is 71.8 Å². The number of carbonyl (C=O) groups is 1. The highest BCUT2D eigenvalue weighted by Gasteiger charge is 2.32. The van der Waals surface area contributed by atoms with E-state index in [1.165, 1.54) is 12.3 Å². The molecule has 3 heterocycles. The smallest absolute Gasteiger partial charge is 0.256 e. The van der Waals surface area contributed by atoms with Gasteiger partial charge in [-0.2, -0.15) is 0 Å². The lowest BCUT2D eigenvalue weighted by Crippen LogP contribution is -2.42. The molecule has 0 unspecified atom stereocenters. The second-order valence-corrected chi connectivity index (χ2v) is 5.88. The predicted molar refractivity (Wildman–Crippen MR) is 90.8 cm³/mol. The second kappa shape index (κ2) is 5.85. The summed E-state index contributed by atoms with van der Waals surface area (Å²) in [7, 11) is 0. The van der Waals surface area contributed by atoms with E-state index in [0.717, 1.165) is 17.8 Å². The summed E-state index contributed by atoms with van der Waals surface area (Å²) in [5.74, 6) is -0.0763. The van der Waals surface area contributed by atoms with Gasteiger partial charge in [-0.1, -0.05) is 30.3 Å². The van der Waals surface area contributed by atoms with E-state index in [0.29, 0.717) is 12.1 Å². The van der Waals surface area contributed by atoms with Gasteiger partial charge < -0.3 is 14.5 Å². The van der Waals surface area contributed by atoms with Gasteiger partial charge in [0.1, 0.15) is 0 Å². The number of pyridine rings is 1. The Kier molecular flexibility index (Phi) is 3.54. The third-order valence-electron chi connectivity index (χ3n) is 4.45. The number of hydrogen-bond donors (Lipinski definition) is 1. The van der Waals surface area contributed by atoms with E-state index < -0.39 is 0 Å². The van der Waals surface area contributed by atoms with Crippen LogP contribution >= 0.6 is 0 Å². The fraction of sp³-hybridized carbons (Fsp3) is 0.158. The first-order valence-electron chi connectivity index (χ1n) is 7.94. The van der Waals surface area contributed by atoms with Crippen LogP contribution < -0.4 is 5.56 Å². The van der Waals surface area contributed by atoms with Crippen LogP contribution in [0.2, 0.25) is 0 Å². The summed E-state index contributed by atoms with van der Waals surface area (Å²) in [6.45, 7) is 1.39. The molecular weight excluding hydrogens is 302 g/mol. The molecule has 0 spiro atoms. The van der Waals surface area contributed by atoms with Crippen molar-refractivity contribution in [3.8, 4) is 0 Å². The molecule has 4 rings (SSSR count). The Morgan fingerprint density at radius 1 is 1.00 bits per heavy atom. The molecule has 5 heteroatoms. The monoisotopic (exact) mass is 319 g/mol. The van der Waals surface area contributed by atoms with Crippen LogP contribution in [0.25, 0.3) is 0 Å². The molecule has 0 bridgehead atoms. The number of benzene rings is 1. The topological polar surface area (TPSA) is 58.1 Å². The van der Waals surface area contributed by atoms with Crippen LogP contribution in [-0.4, -0.2) is 26.9 Å². The molecule has 0 aliphatic carbocycles. The molecular formula is C19H17N3O2. The molecule has 5 nitrogen and oxygen atoms in total. The van der Waals surface area contributed by atoms with Crippen molar-refractivity contribution in [3.63, 3.8) is 0 Å². The molecule has 0 saturated heterocycles. The van der Waals surface area contributed by atoms with Crippen molar-refractivity contribution < 1.29 is 4.79 Å². The molecule has 0 fully saturated rings. The number of aromatic nitrogens is 2. The zero-order valence-electron chi connectivity index (χ0n) is 13.1. The SMILES string of the molecule is O=C(c1ccc(=O)[nH]c1)N1CCn2cccc2[C@H]1c1ccccc1. The van der Waals surface area contributed by atoms with Crippen LogP contribution in [0.4, 0.5) is 0 Å². The van der Waals surface area contributed by atoms with Gasteiger partial charge in [-0.05, 0) is 23.8 Å². The third-order valence-corrected chi connectivity index (χ3v) is 4.45. The Morgan fingerprint density at radius 3 is 2.58 bits per heavy atom. The van der Waals surface area contributed by atoms with Crippen molar-refractivity contribution in [3.05, 3.63) is 94.2 Å². The van der Waals surface area contributed by atoms with Crippen LogP contribution in [0.1, 0.15) is 27.7 Å². The van der Waals surface area contributed by atoms with E-state index in [2.05, 4.69) is 15.6 Å². The van der Waals surface area contributed by atoms with Gasteiger partial charge in [0.05, 0.1) is 11.6 Å². The summed E-state index contributed by atoms with van der Waals surface area (Å²) in [5.41, 5.74) is 2.47. The molecule has 120 valence electrons. The molecule has 1 aromatic carbocycles. The van der Waals surface area contributed by atoms with Gasteiger partial charge in [-0.25, -0.2) is 0 Å². The Balaban J connectivity index is 1.77. The number of nitrogens with one attached hydrogen (secondary N) is 1. The number of hydrogen-bond acceptors (Lipinski definition) is 2. The normalized spacial score (nSPS) is 16.7. The molecule has 0 radical (unpaired) electrons. The quantitative estimate of drug-likeness (QED) is 0.788. The van der Waals surface area contributed by atoms with E-state index in [1.807, 2.05) is 47.5 Å². The standard InChI is InChI=1S/C19H17N3O2/c23-17-9-8-15(13-20-17)19(24)22-12-11-21-10-4-7-16(21)18(22)14-5-2-1-3-6-14/h1-10,13,18H,11-12H2,(H,20,23)/t18-/m1/s1. The first-order valence-corrected chi connectivity index (χ1v) is 7.94. The number of aromatic amines is 1. The highest BCUT2D eigenvalue weighted by atomic mass is 16.2. The van der Waals surface area contributed by atoms with Crippen molar-refractivity contribution >= 4 is 5.91 Å². The Morgan fingerprint density at radius 2 is 1.83 bits per heavy atom. The highest BCUT2D eigenvalue weighted by molar-refractivity contribution is 5.94. The van der Waals surface area contributed by atoms with Crippen molar-refractivity contribution in [2.45, 2.75) is 12.6 Å². The molecule has 1 aliphatic rings. The lowest BCUT2D eigenvalue weighted by molar-refractivity contribution is 0.0663. The number of H-pyrrole nitrogens is 1. The van der Waals surface area contributed by atoms with E-state index in [1.54, 1.807) is 6.07 Å². The molecule has 3 aromatic rings. The van der Waals surface area contributed by atoms with Crippen LogP contribution in [0.3, 0.4) is 0 Å². The maximum Gasteiger partial charge on any atom is 0.256 e. The van der Waals surface area contributed by atoms with Gasteiger partial charge >= 0.3 is 0 Å². The molecule has 24 heavy (non-hydrogen) atoms. The largest absolute Gasteiger partial charge is 0.348 e. The minimum atomic E-state index is -0.210. The number of amides is 1. The van der Waals surface area contributed by atoms with Crippen molar-refractivity contribution in [2.24, 2.45) is 0 Å². The van der Waals surface area contributed by atoms with E-state index in [9.17, 15) is 9.59 Å². The Bertz CT molecular complexity index is 907. The third kappa shape index (κ3) is 2.44. The first kappa shape index (κ1) is 14.5. The average Bonchev–Trinajstić information content (AvgIpc) is 3.10. The summed E-state index contributed by atoms with van der Waals surface area (Å²) in [5, 5.41) is 0. The minimum Gasteiger partial charge on any atom is -0.348 e.